The number of allylic oxidation sites excluding steroid dienone is 2. The summed E-state index contributed by atoms with van der Waals surface area (Å²) in [4.78, 5) is 12.0. The monoisotopic (exact) mass is 286 g/mol. The van der Waals surface area contributed by atoms with Crippen molar-refractivity contribution in [2.45, 2.75) is 13.5 Å². The maximum Gasteiger partial charge on any atom is 0.192 e. The molecule has 0 saturated heterocycles. The molecule has 0 aliphatic rings. The number of aliphatic hydroxyl groups is 1. The summed E-state index contributed by atoms with van der Waals surface area (Å²) in [6, 6.07) is 13.2. The van der Waals surface area contributed by atoms with Crippen LogP contribution in [0.15, 0.2) is 60.4 Å². The number of halogens is 1. The van der Waals surface area contributed by atoms with Crippen molar-refractivity contribution < 1.29 is 19.0 Å². The summed E-state index contributed by atoms with van der Waals surface area (Å²) in [5.74, 6) is -0.895. The molecule has 2 rings (SSSR count). The first-order valence-corrected chi connectivity index (χ1v) is 6.44. The summed E-state index contributed by atoms with van der Waals surface area (Å²) in [5.41, 5.74) is 1.02. The van der Waals surface area contributed by atoms with E-state index in [9.17, 15) is 9.18 Å². The van der Waals surface area contributed by atoms with E-state index in [0.717, 1.165) is 17.7 Å². The fourth-order valence-electron chi connectivity index (χ4n) is 1.82. The highest BCUT2D eigenvalue weighted by Crippen LogP contribution is 2.22. The zero-order valence-electron chi connectivity index (χ0n) is 11.5. The summed E-state index contributed by atoms with van der Waals surface area (Å²) >= 11 is 0. The van der Waals surface area contributed by atoms with Crippen molar-refractivity contribution in [1.29, 1.82) is 0 Å². The molecule has 0 heterocycles. The third-order valence-electron chi connectivity index (χ3n) is 2.78. The summed E-state index contributed by atoms with van der Waals surface area (Å²) < 4.78 is 18.9. The summed E-state index contributed by atoms with van der Waals surface area (Å²) in [6.07, 6.45) is 1.03. The molecule has 0 fully saturated rings. The number of benzene rings is 2. The van der Waals surface area contributed by atoms with Crippen LogP contribution >= 0.6 is 0 Å². The molecule has 0 radical (unpaired) electrons. The number of hydrogen-bond acceptors (Lipinski definition) is 3. The van der Waals surface area contributed by atoms with Crippen LogP contribution in [0.5, 0.6) is 5.75 Å². The van der Waals surface area contributed by atoms with E-state index in [1.54, 1.807) is 0 Å². The van der Waals surface area contributed by atoms with Gasteiger partial charge in [-0.3, -0.25) is 4.79 Å². The first-order valence-electron chi connectivity index (χ1n) is 6.44. The molecule has 0 amide bonds. The van der Waals surface area contributed by atoms with Crippen molar-refractivity contribution in [2.75, 3.05) is 0 Å². The van der Waals surface area contributed by atoms with Crippen LogP contribution in [-0.4, -0.2) is 10.9 Å². The molecule has 0 atom stereocenters. The Bertz CT molecular complexity index is 659. The molecular formula is C17H15FO3. The average molecular weight is 286 g/mol. The van der Waals surface area contributed by atoms with Gasteiger partial charge >= 0.3 is 0 Å². The predicted octanol–water partition coefficient (Wildman–Crippen LogP) is 4.05. The third kappa shape index (κ3) is 4.18. The van der Waals surface area contributed by atoms with Crippen LogP contribution in [0.3, 0.4) is 0 Å². The van der Waals surface area contributed by atoms with Crippen molar-refractivity contribution in [3.05, 3.63) is 77.3 Å². The zero-order chi connectivity index (χ0) is 15.2. The van der Waals surface area contributed by atoms with Crippen molar-refractivity contribution in [3.8, 4) is 5.75 Å². The standard InChI is InChI=1S/C17H15FO3/c1-12(19)9-16(20)15-10-14(18)7-8-17(15)21-11-13-5-3-2-4-6-13/h2-10,19H,11H2,1H3. The predicted molar refractivity (Wildman–Crippen MR) is 77.9 cm³/mol. The molecule has 2 aromatic carbocycles. The lowest BCUT2D eigenvalue weighted by Gasteiger charge is -2.10. The van der Waals surface area contributed by atoms with Gasteiger partial charge in [0.05, 0.1) is 11.3 Å². The Hall–Kier alpha value is -2.62. The van der Waals surface area contributed by atoms with E-state index >= 15 is 0 Å². The Morgan fingerprint density at radius 2 is 1.95 bits per heavy atom. The Morgan fingerprint density at radius 3 is 2.62 bits per heavy atom. The highest BCUT2D eigenvalue weighted by molar-refractivity contribution is 6.06. The third-order valence-corrected chi connectivity index (χ3v) is 2.78. The van der Waals surface area contributed by atoms with Crippen LogP contribution in [0.1, 0.15) is 22.8 Å². The van der Waals surface area contributed by atoms with Crippen molar-refractivity contribution >= 4 is 5.78 Å². The van der Waals surface area contributed by atoms with Gasteiger partial charge in [0, 0.05) is 6.08 Å². The van der Waals surface area contributed by atoms with E-state index in [2.05, 4.69) is 0 Å². The molecule has 108 valence electrons. The molecule has 0 saturated carbocycles. The Labute approximate surface area is 122 Å². The molecule has 4 heteroatoms. The first-order chi connectivity index (χ1) is 10.1. The van der Waals surface area contributed by atoms with Gasteiger partial charge in [0.25, 0.3) is 0 Å². The molecule has 1 N–H and O–H groups in total. The lowest BCUT2D eigenvalue weighted by atomic mass is 10.1. The smallest absolute Gasteiger partial charge is 0.192 e. The minimum absolute atomic E-state index is 0.0827. The van der Waals surface area contributed by atoms with E-state index in [1.165, 1.54) is 19.1 Å². The van der Waals surface area contributed by atoms with Gasteiger partial charge in [-0.05, 0) is 30.7 Å². The molecule has 21 heavy (non-hydrogen) atoms. The number of hydrogen-bond donors (Lipinski definition) is 1. The zero-order valence-corrected chi connectivity index (χ0v) is 11.5. The van der Waals surface area contributed by atoms with Gasteiger partial charge < -0.3 is 9.84 Å². The highest BCUT2D eigenvalue weighted by Gasteiger charge is 2.12. The van der Waals surface area contributed by atoms with Crippen LogP contribution in [0.25, 0.3) is 0 Å². The molecule has 0 unspecified atom stereocenters. The Kier molecular flexibility index (Phi) is 4.72. The molecule has 2 aromatic rings. The fourth-order valence-corrected chi connectivity index (χ4v) is 1.82. The molecule has 3 nitrogen and oxygen atoms in total. The normalized spacial score (nSPS) is 11.2. The molecule has 0 spiro atoms. The first kappa shape index (κ1) is 14.8. The molecule has 0 aromatic heterocycles. The lowest BCUT2D eigenvalue weighted by Crippen LogP contribution is -2.03. The largest absolute Gasteiger partial charge is 0.512 e. The molecule has 0 aliphatic heterocycles. The maximum atomic E-state index is 13.3. The van der Waals surface area contributed by atoms with E-state index in [1.807, 2.05) is 30.3 Å². The van der Waals surface area contributed by atoms with Gasteiger partial charge in [0.2, 0.25) is 0 Å². The van der Waals surface area contributed by atoms with Gasteiger partial charge in [0.15, 0.2) is 5.78 Å². The molecular weight excluding hydrogens is 271 g/mol. The van der Waals surface area contributed by atoms with Crippen molar-refractivity contribution in [2.24, 2.45) is 0 Å². The summed E-state index contributed by atoms with van der Waals surface area (Å²) in [7, 11) is 0. The van der Waals surface area contributed by atoms with E-state index in [0.29, 0.717) is 0 Å². The van der Waals surface area contributed by atoms with Crippen LogP contribution in [0.4, 0.5) is 4.39 Å². The minimum atomic E-state index is -0.533. The van der Waals surface area contributed by atoms with Crippen molar-refractivity contribution in [1.82, 2.24) is 0 Å². The second-order valence-electron chi connectivity index (χ2n) is 4.56. The minimum Gasteiger partial charge on any atom is -0.512 e. The van der Waals surface area contributed by atoms with Gasteiger partial charge in [0.1, 0.15) is 18.2 Å². The fraction of sp³-hybridized carbons (Fsp3) is 0.118. The van der Waals surface area contributed by atoms with Crippen LogP contribution in [-0.2, 0) is 6.61 Å². The SMILES string of the molecule is CC(O)=CC(=O)c1cc(F)ccc1OCc1ccccc1. The number of aliphatic hydroxyl groups excluding tert-OH is 1. The van der Waals surface area contributed by atoms with Crippen molar-refractivity contribution in [3.63, 3.8) is 0 Å². The lowest BCUT2D eigenvalue weighted by molar-refractivity contribution is 0.103. The maximum absolute atomic E-state index is 13.3. The van der Waals surface area contributed by atoms with E-state index in [-0.39, 0.29) is 23.7 Å². The number of ketones is 1. The topological polar surface area (TPSA) is 46.5 Å². The highest BCUT2D eigenvalue weighted by atomic mass is 19.1. The summed E-state index contributed by atoms with van der Waals surface area (Å²) in [6.45, 7) is 1.65. The number of carbonyl (C=O) groups excluding carboxylic acids is 1. The van der Waals surface area contributed by atoms with E-state index in [4.69, 9.17) is 9.84 Å². The van der Waals surface area contributed by atoms with Crippen LogP contribution in [0, 0.1) is 5.82 Å². The number of rotatable bonds is 5. The van der Waals surface area contributed by atoms with Gasteiger partial charge in [-0.15, -0.1) is 0 Å². The van der Waals surface area contributed by atoms with Crippen LogP contribution in [0.2, 0.25) is 0 Å². The van der Waals surface area contributed by atoms with Gasteiger partial charge in [-0.1, -0.05) is 30.3 Å². The van der Waals surface area contributed by atoms with Gasteiger partial charge in [-0.25, -0.2) is 4.39 Å². The quantitative estimate of drug-likeness (QED) is 0.512. The second kappa shape index (κ2) is 6.70. The molecule has 0 bridgehead atoms. The average Bonchev–Trinajstić information content (AvgIpc) is 2.46. The Morgan fingerprint density at radius 1 is 1.24 bits per heavy atom. The number of ether oxygens (including phenoxy) is 1. The van der Waals surface area contributed by atoms with E-state index < -0.39 is 11.6 Å². The molecule has 0 aliphatic carbocycles. The number of carbonyl (C=O) groups is 1. The van der Waals surface area contributed by atoms with Crippen LogP contribution < -0.4 is 4.74 Å². The van der Waals surface area contributed by atoms with Gasteiger partial charge in [-0.2, -0.15) is 0 Å². The summed E-state index contributed by atoms with van der Waals surface area (Å²) in [5, 5.41) is 9.16. The Balaban J connectivity index is 2.23. The second-order valence-corrected chi connectivity index (χ2v) is 4.56.